The fourth-order valence-corrected chi connectivity index (χ4v) is 2.32. The Morgan fingerprint density at radius 1 is 1.18 bits per heavy atom. The van der Waals surface area contributed by atoms with Crippen molar-refractivity contribution in [3.05, 3.63) is 0 Å². The van der Waals surface area contributed by atoms with E-state index in [1.165, 1.54) is 6.42 Å². The number of carbonyl (C=O) groups is 2. The highest BCUT2D eigenvalue weighted by Gasteiger charge is 2.31. The molecule has 0 bridgehead atoms. The lowest BCUT2D eigenvalue weighted by Gasteiger charge is -2.37. The number of hydrogen-bond acceptors (Lipinski definition) is 3. The first-order chi connectivity index (χ1) is 8.20. The molecule has 2 rings (SSSR count). The second kappa shape index (κ2) is 5.49. The van der Waals surface area contributed by atoms with Gasteiger partial charge in [-0.15, -0.1) is 0 Å². The van der Waals surface area contributed by atoms with E-state index < -0.39 is 0 Å². The van der Waals surface area contributed by atoms with Crippen LogP contribution in [0.25, 0.3) is 0 Å². The molecule has 1 heterocycles. The van der Waals surface area contributed by atoms with Crippen LogP contribution in [0.15, 0.2) is 0 Å². The topological polar surface area (TPSA) is 52.7 Å². The van der Waals surface area contributed by atoms with Gasteiger partial charge in [0.15, 0.2) is 0 Å². The fraction of sp³-hybridized carbons (Fsp3) is 0.833. The van der Waals surface area contributed by atoms with Gasteiger partial charge in [-0.05, 0) is 12.8 Å². The van der Waals surface area contributed by atoms with E-state index >= 15 is 0 Å². The van der Waals surface area contributed by atoms with Gasteiger partial charge < -0.3 is 10.2 Å². The molecule has 1 saturated carbocycles. The van der Waals surface area contributed by atoms with Gasteiger partial charge in [-0.1, -0.05) is 6.42 Å². The third kappa shape index (κ3) is 2.97. The van der Waals surface area contributed by atoms with Crippen LogP contribution in [0.2, 0.25) is 0 Å². The quantitative estimate of drug-likeness (QED) is 0.734. The Hall–Kier alpha value is -1.10. The molecule has 0 aromatic rings. The minimum Gasteiger partial charge on any atom is -0.358 e. The summed E-state index contributed by atoms with van der Waals surface area (Å²) in [6.07, 6.45) is 3.33. The normalized spacial score (nSPS) is 22.1. The number of nitrogens with one attached hydrogen (secondary N) is 1. The average Bonchev–Trinajstić information content (AvgIpc) is 2.27. The van der Waals surface area contributed by atoms with Crippen molar-refractivity contribution in [2.45, 2.75) is 19.3 Å². The second-order valence-corrected chi connectivity index (χ2v) is 4.90. The summed E-state index contributed by atoms with van der Waals surface area (Å²) in [7, 11) is 1.65. The number of hydrogen-bond donors (Lipinski definition) is 1. The highest BCUT2D eigenvalue weighted by atomic mass is 16.2. The predicted molar refractivity (Wildman–Crippen MR) is 64.4 cm³/mol. The van der Waals surface area contributed by atoms with Gasteiger partial charge in [-0.3, -0.25) is 14.5 Å². The van der Waals surface area contributed by atoms with Crippen molar-refractivity contribution < 1.29 is 9.59 Å². The fourth-order valence-electron chi connectivity index (χ4n) is 2.32. The highest BCUT2D eigenvalue weighted by Crippen LogP contribution is 2.28. The number of amides is 2. The maximum Gasteiger partial charge on any atom is 0.233 e. The van der Waals surface area contributed by atoms with E-state index in [9.17, 15) is 9.59 Å². The molecular formula is C12H21N3O2. The van der Waals surface area contributed by atoms with E-state index in [-0.39, 0.29) is 5.91 Å². The molecule has 0 unspecified atom stereocenters. The molecular weight excluding hydrogens is 218 g/mol. The second-order valence-electron chi connectivity index (χ2n) is 4.90. The van der Waals surface area contributed by atoms with Gasteiger partial charge in [0.1, 0.15) is 0 Å². The molecule has 1 aliphatic carbocycles. The Bertz CT molecular complexity index is 294. The van der Waals surface area contributed by atoms with E-state index in [1.807, 2.05) is 4.90 Å². The average molecular weight is 239 g/mol. The molecule has 0 aromatic heterocycles. The zero-order valence-corrected chi connectivity index (χ0v) is 10.4. The van der Waals surface area contributed by atoms with E-state index in [0.29, 0.717) is 18.4 Å². The molecule has 2 aliphatic rings. The highest BCUT2D eigenvalue weighted by molar-refractivity contribution is 5.80. The van der Waals surface area contributed by atoms with Gasteiger partial charge in [0.25, 0.3) is 0 Å². The standard InChI is InChI=1S/C12H21N3O2/c1-13-11(16)9-14-5-7-15(8-6-14)12(17)10-3-2-4-10/h10H,2-9H2,1H3,(H,13,16). The van der Waals surface area contributed by atoms with Crippen molar-refractivity contribution in [2.24, 2.45) is 5.92 Å². The summed E-state index contributed by atoms with van der Waals surface area (Å²) in [6.45, 7) is 3.61. The molecule has 96 valence electrons. The summed E-state index contributed by atoms with van der Waals surface area (Å²) in [6, 6.07) is 0. The molecule has 17 heavy (non-hydrogen) atoms. The molecule has 5 nitrogen and oxygen atoms in total. The number of nitrogens with zero attached hydrogens (tertiary/aromatic N) is 2. The van der Waals surface area contributed by atoms with Crippen molar-refractivity contribution in [2.75, 3.05) is 39.8 Å². The first-order valence-corrected chi connectivity index (χ1v) is 6.42. The van der Waals surface area contributed by atoms with E-state index in [4.69, 9.17) is 0 Å². The zero-order chi connectivity index (χ0) is 12.3. The third-order valence-electron chi connectivity index (χ3n) is 3.78. The van der Waals surface area contributed by atoms with Crippen LogP contribution in [0, 0.1) is 5.92 Å². The number of carbonyl (C=O) groups excluding carboxylic acids is 2. The molecule has 5 heteroatoms. The van der Waals surface area contributed by atoms with Crippen LogP contribution in [0.4, 0.5) is 0 Å². The molecule has 0 atom stereocenters. The summed E-state index contributed by atoms with van der Waals surface area (Å²) in [5, 5.41) is 2.62. The van der Waals surface area contributed by atoms with Crippen molar-refractivity contribution in [3.63, 3.8) is 0 Å². The summed E-state index contributed by atoms with van der Waals surface area (Å²) >= 11 is 0. The lowest BCUT2D eigenvalue weighted by molar-refractivity contribution is -0.140. The number of piperazine rings is 1. The monoisotopic (exact) mass is 239 g/mol. The summed E-state index contributed by atoms with van der Waals surface area (Å²) in [5.41, 5.74) is 0. The van der Waals surface area contributed by atoms with E-state index in [0.717, 1.165) is 39.0 Å². The minimum atomic E-state index is 0.0452. The Balaban J connectivity index is 1.73. The molecule has 1 saturated heterocycles. The lowest BCUT2D eigenvalue weighted by atomic mass is 9.84. The van der Waals surface area contributed by atoms with Gasteiger partial charge in [-0.25, -0.2) is 0 Å². The molecule has 1 N–H and O–H groups in total. The van der Waals surface area contributed by atoms with Crippen LogP contribution >= 0.6 is 0 Å². The summed E-state index contributed by atoms with van der Waals surface area (Å²) < 4.78 is 0. The van der Waals surface area contributed by atoms with Crippen molar-refractivity contribution in [1.82, 2.24) is 15.1 Å². The van der Waals surface area contributed by atoms with Crippen LogP contribution in [0.1, 0.15) is 19.3 Å². The Labute approximate surface area is 102 Å². The van der Waals surface area contributed by atoms with Crippen LogP contribution in [0.3, 0.4) is 0 Å². The van der Waals surface area contributed by atoms with Crippen LogP contribution in [-0.4, -0.2) is 61.4 Å². The zero-order valence-electron chi connectivity index (χ0n) is 10.4. The Morgan fingerprint density at radius 2 is 1.82 bits per heavy atom. The van der Waals surface area contributed by atoms with E-state index in [2.05, 4.69) is 10.2 Å². The van der Waals surface area contributed by atoms with Crippen LogP contribution in [0.5, 0.6) is 0 Å². The number of likely N-dealkylation sites (N-methyl/N-ethyl adjacent to an activating group) is 1. The van der Waals surface area contributed by atoms with Gasteiger partial charge >= 0.3 is 0 Å². The van der Waals surface area contributed by atoms with Gasteiger partial charge in [0.2, 0.25) is 11.8 Å². The molecule has 2 amide bonds. The van der Waals surface area contributed by atoms with Crippen molar-refractivity contribution in [1.29, 1.82) is 0 Å². The Morgan fingerprint density at radius 3 is 2.29 bits per heavy atom. The molecule has 0 spiro atoms. The molecule has 1 aliphatic heterocycles. The molecule has 2 fully saturated rings. The smallest absolute Gasteiger partial charge is 0.233 e. The number of rotatable bonds is 3. The largest absolute Gasteiger partial charge is 0.358 e. The molecule has 0 radical (unpaired) electrons. The maximum atomic E-state index is 12.0. The Kier molecular flexibility index (Phi) is 3.99. The summed E-state index contributed by atoms with van der Waals surface area (Å²) in [4.78, 5) is 27.3. The van der Waals surface area contributed by atoms with Crippen molar-refractivity contribution >= 4 is 11.8 Å². The van der Waals surface area contributed by atoms with Gasteiger partial charge in [-0.2, -0.15) is 0 Å². The van der Waals surface area contributed by atoms with Crippen LogP contribution in [-0.2, 0) is 9.59 Å². The van der Waals surface area contributed by atoms with E-state index in [1.54, 1.807) is 7.05 Å². The minimum absolute atomic E-state index is 0.0452. The van der Waals surface area contributed by atoms with Crippen molar-refractivity contribution in [3.8, 4) is 0 Å². The first-order valence-electron chi connectivity index (χ1n) is 6.42. The SMILES string of the molecule is CNC(=O)CN1CCN(C(=O)C2CCC2)CC1. The summed E-state index contributed by atoms with van der Waals surface area (Å²) in [5.74, 6) is 0.667. The molecule has 0 aromatic carbocycles. The third-order valence-corrected chi connectivity index (χ3v) is 3.78. The van der Waals surface area contributed by atoms with Crippen LogP contribution < -0.4 is 5.32 Å². The van der Waals surface area contributed by atoms with Gasteiger partial charge in [0.05, 0.1) is 6.54 Å². The lowest BCUT2D eigenvalue weighted by Crippen LogP contribution is -2.52. The maximum absolute atomic E-state index is 12.0. The first kappa shape index (κ1) is 12.4. The van der Waals surface area contributed by atoms with Gasteiger partial charge in [0, 0.05) is 39.1 Å². The predicted octanol–water partition coefficient (Wildman–Crippen LogP) is -0.323.